The second-order valence-corrected chi connectivity index (χ2v) is 8.38. The van der Waals surface area contributed by atoms with Gasteiger partial charge in [0, 0.05) is 22.5 Å². The SMILES string of the molecule is O=C(NC1CCCCC1)N1N=C(c2ccc(Br)cc2)C[C@H]1c1ccccc1O. The second kappa shape index (κ2) is 8.35. The Labute approximate surface area is 173 Å². The van der Waals surface area contributed by atoms with Gasteiger partial charge in [-0.15, -0.1) is 0 Å². The lowest BCUT2D eigenvalue weighted by molar-refractivity contribution is 0.178. The van der Waals surface area contributed by atoms with Gasteiger partial charge in [-0.2, -0.15) is 5.10 Å². The fourth-order valence-electron chi connectivity index (χ4n) is 4.01. The van der Waals surface area contributed by atoms with Crippen LogP contribution in [0, 0.1) is 0 Å². The van der Waals surface area contributed by atoms with E-state index in [0.29, 0.717) is 6.42 Å². The third kappa shape index (κ3) is 4.07. The number of carbonyl (C=O) groups is 1. The number of hydrogen-bond donors (Lipinski definition) is 2. The van der Waals surface area contributed by atoms with E-state index in [1.807, 2.05) is 36.4 Å². The van der Waals surface area contributed by atoms with E-state index in [-0.39, 0.29) is 23.9 Å². The van der Waals surface area contributed by atoms with E-state index in [0.717, 1.165) is 47.0 Å². The molecule has 0 spiro atoms. The van der Waals surface area contributed by atoms with E-state index in [9.17, 15) is 9.90 Å². The summed E-state index contributed by atoms with van der Waals surface area (Å²) >= 11 is 3.46. The molecule has 28 heavy (non-hydrogen) atoms. The first-order valence-corrected chi connectivity index (χ1v) is 10.6. The normalized spacial score (nSPS) is 20.1. The summed E-state index contributed by atoms with van der Waals surface area (Å²) in [5.41, 5.74) is 2.55. The van der Waals surface area contributed by atoms with Crippen LogP contribution in [0.1, 0.15) is 55.7 Å². The third-order valence-corrected chi connectivity index (χ3v) is 6.05. The van der Waals surface area contributed by atoms with Crippen LogP contribution in [0.25, 0.3) is 0 Å². The fraction of sp³-hybridized carbons (Fsp3) is 0.364. The molecule has 4 rings (SSSR count). The van der Waals surface area contributed by atoms with Crippen molar-refractivity contribution in [1.29, 1.82) is 0 Å². The number of phenolic OH excluding ortho intramolecular Hbond substituents is 1. The van der Waals surface area contributed by atoms with Crippen molar-refractivity contribution in [3.63, 3.8) is 0 Å². The smallest absolute Gasteiger partial charge is 0.338 e. The van der Waals surface area contributed by atoms with Crippen LogP contribution in [0.15, 0.2) is 58.1 Å². The number of nitrogens with zero attached hydrogens (tertiary/aromatic N) is 2. The molecule has 1 atom stereocenters. The zero-order valence-electron chi connectivity index (χ0n) is 15.6. The molecule has 2 N–H and O–H groups in total. The number of amides is 2. The Morgan fingerprint density at radius 3 is 2.50 bits per heavy atom. The predicted octanol–water partition coefficient (Wildman–Crippen LogP) is 5.35. The minimum Gasteiger partial charge on any atom is -0.508 e. The summed E-state index contributed by atoms with van der Waals surface area (Å²) in [5.74, 6) is 0.190. The number of rotatable bonds is 3. The molecule has 0 radical (unpaired) electrons. The lowest BCUT2D eigenvalue weighted by Crippen LogP contribution is -2.43. The summed E-state index contributed by atoms with van der Waals surface area (Å²) in [4.78, 5) is 13.1. The number of aromatic hydroxyl groups is 1. The quantitative estimate of drug-likeness (QED) is 0.673. The summed E-state index contributed by atoms with van der Waals surface area (Å²) in [5, 5.41) is 19.7. The van der Waals surface area contributed by atoms with Gasteiger partial charge in [0.15, 0.2) is 0 Å². The number of urea groups is 1. The maximum Gasteiger partial charge on any atom is 0.338 e. The molecule has 2 amide bonds. The van der Waals surface area contributed by atoms with Crippen molar-refractivity contribution in [3.8, 4) is 5.75 Å². The number of carbonyl (C=O) groups excluding carboxylic acids is 1. The minimum absolute atomic E-state index is 0.188. The lowest BCUT2D eigenvalue weighted by atomic mass is 9.95. The molecule has 2 aromatic rings. The number of hydrazone groups is 1. The van der Waals surface area contributed by atoms with Gasteiger partial charge in [-0.05, 0) is 36.6 Å². The molecule has 0 unspecified atom stereocenters. The Bertz CT molecular complexity index is 876. The molecule has 1 aliphatic heterocycles. The first-order chi connectivity index (χ1) is 13.6. The van der Waals surface area contributed by atoms with Gasteiger partial charge < -0.3 is 10.4 Å². The van der Waals surface area contributed by atoms with Gasteiger partial charge in [0.25, 0.3) is 0 Å². The first-order valence-electron chi connectivity index (χ1n) is 9.83. The highest BCUT2D eigenvalue weighted by molar-refractivity contribution is 9.10. The molecule has 6 heteroatoms. The van der Waals surface area contributed by atoms with E-state index in [1.54, 1.807) is 12.1 Å². The summed E-state index contributed by atoms with van der Waals surface area (Å²) in [6.45, 7) is 0. The Morgan fingerprint density at radius 1 is 1.07 bits per heavy atom. The standard InChI is InChI=1S/C22H24BrN3O2/c23-16-12-10-15(11-13-16)19-14-20(18-8-4-5-9-21(18)27)26(25-19)22(28)24-17-6-2-1-3-7-17/h4-5,8-13,17,20,27H,1-3,6-7,14H2,(H,24,28)/t20-/m0/s1. The molecule has 1 aliphatic carbocycles. The number of halogens is 1. The van der Waals surface area contributed by atoms with Crippen LogP contribution in [0.2, 0.25) is 0 Å². The largest absolute Gasteiger partial charge is 0.508 e. The van der Waals surface area contributed by atoms with Crippen LogP contribution in [-0.2, 0) is 0 Å². The number of hydrogen-bond acceptors (Lipinski definition) is 3. The Balaban J connectivity index is 1.62. The van der Waals surface area contributed by atoms with Crippen molar-refractivity contribution in [1.82, 2.24) is 10.3 Å². The van der Waals surface area contributed by atoms with Crippen LogP contribution in [-0.4, -0.2) is 27.9 Å². The number of nitrogens with one attached hydrogen (secondary N) is 1. The fourth-order valence-corrected chi connectivity index (χ4v) is 4.28. The molecule has 1 fully saturated rings. The summed E-state index contributed by atoms with van der Waals surface area (Å²) in [7, 11) is 0. The van der Waals surface area contributed by atoms with Gasteiger partial charge in [-0.3, -0.25) is 0 Å². The van der Waals surface area contributed by atoms with Crippen molar-refractivity contribution in [3.05, 3.63) is 64.1 Å². The molecule has 5 nitrogen and oxygen atoms in total. The van der Waals surface area contributed by atoms with E-state index >= 15 is 0 Å². The van der Waals surface area contributed by atoms with Crippen LogP contribution < -0.4 is 5.32 Å². The zero-order valence-corrected chi connectivity index (χ0v) is 17.2. The molecule has 1 heterocycles. The highest BCUT2D eigenvalue weighted by Crippen LogP contribution is 2.37. The Morgan fingerprint density at radius 2 is 1.79 bits per heavy atom. The lowest BCUT2D eigenvalue weighted by Gasteiger charge is -2.27. The Kier molecular flexibility index (Phi) is 5.67. The van der Waals surface area contributed by atoms with Gasteiger partial charge in [0.05, 0.1) is 11.8 Å². The molecule has 0 saturated heterocycles. The second-order valence-electron chi connectivity index (χ2n) is 7.46. The molecule has 2 aliphatic rings. The molecule has 1 saturated carbocycles. The molecule has 2 aromatic carbocycles. The van der Waals surface area contributed by atoms with Gasteiger partial charge >= 0.3 is 6.03 Å². The topological polar surface area (TPSA) is 64.9 Å². The summed E-state index contributed by atoms with van der Waals surface area (Å²) < 4.78 is 0.999. The number of benzene rings is 2. The van der Waals surface area contributed by atoms with Crippen LogP contribution in [0.5, 0.6) is 5.75 Å². The number of para-hydroxylation sites is 1. The number of phenols is 1. The molecular weight excluding hydrogens is 418 g/mol. The maximum atomic E-state index is 13.1. The summed E-state index contributed by atoms with van der Waals surface area (Å²) in [6, 6.07) is 14.8. The van der Waals surface area contributed by atoms with E-state index in [2.05, 4.69) is 26.3 Å². The van der Waals surface area contributed by atoms with Crippen molar-refractivity contribution in [2.45, 2.75) is 50.6 Å². The monoisotopic (exact) mass is 441 g/mol. The third-order valence-electron chi connectivity index (χ3n) is 5.52. The van der Waals surface area contributed by atoms with Crippen LogP contribution in [0.4, 0.5) is 4.79 Å². The molecule has 0 aromatic heterocycles. The van der Waals surface area contributed by atoms with Crippen molar-refractivity contribution < 1.29 is 9.90 Å². The highest BCUT2D eigenvalue weighted by atomic mass is 79.9. The van der Waals surface area contributed by atoms with E-state index in [4.69, 9.17) is 0 Å². The first kappa shape index (κ1) is 19.0. The van der Waals surface area contributed by atoms with Gasteiger partial charge in [-0.1, -0.05) is 65.5 Å². The molecule has 146 valence electrons. The maximum absolute atomic E-state index is 13.1. The van der Waals surface area contributed by atoms with Gasteiger partial charge in [-0.25, -0.2) is 9.80 Å². The minimum atomic E-state index is -0.316. The van der Waals surface area contributed by atoms with Crippen LogP contribution >= 0.6 is 15.9 Å². The van der Waals surface area contributed by atoms with Crippen molar-refractivity contribution in [2.24, 2.45) is 5.10 Å². The predicted molar refractivity (Wildman–Crippen MR) is 113 cm³/mol. The Hall–Kier alpha value is -2.34. The zero-order chi connectivity index (χ0) is 19.5. The van der Waals surface area contributed by atoms with Crippen molar-refractivity contribution >= 4 is 27.7 Å². The highest BCUT2D eigenvalue weighted by Gasteiger charge is 2.35. The van der Waals surface area contributed by atoms with Crippen molar-refractivity contribution in [2.75, 3.05) is 0 Å². The van der Waals surface area contributed by atoms with Crippen LogP contribution in [0.3, 0.4) is 0 Å². The summed E-state index contributed by atoms with van der Waals surface area (Å²) in [6.07, 6.45) is 6.15. The average molecular weight is 442 g/mol. The van der Waals surface area contributed by atoms with E-state index in [1.165, 1.54) is 11.4 Å². The molecule has 0 bridgehead atoms. The van der Waals surface area contributed by atoms with Gasteiger partial charge in [0.2, 0.25) is 0 Å². The molecular formula is C22H24BrN3O2. The average Bonchev–Trinajstić information content (AvgIpc) is 3.15. The van der Waals surface area contributed by atoms with Gasteiger partial charge in [0.1, 0.15) is 5.75 Å². The van der Waals surface area contributed by atoms with E-state index < -0.39 is 0 Å².